The van der Waals surface area contributed by atoms with Gasteiger partial charge in [-0.2, -0.15) is 0 Å². The molecule has 2 rings (SSSR count). The Labute approximate surface area is 127 Å². The van der Waals surface area contributed by atoms with Crippen LogP contribution in [-0.4, -0.2) is 48.6 Å². The molecule has 0 radical (unpaired) electrons. The van der Waals surface area contributed by atoms with E-state index in [4.69, 9.17) is 4.74 Å². The Hall–Kier alpha value is -1.10. The summed E-state index contributed by atoms with van der Waals surface area (Å²) in [5, 5.41) is 3.07. The standard InChI is InChI=1S/C16H28N2O3/c1-15(2,3)12-13(19)17-16(8-6-5-7-9-16)14(20)18(12)10-11-21-4/h12H,5-11H2,1-4H3,(H,17,19). The maximum atomic E-state index is 13.1. The molecular weight excluding hydrogens is 268 g/mol. The van der Waals surface area contributed by atoms with Crippen molar-refractivity contribution in [1.29, 1.82) is 0 Å². The minimum absolute atomic E-state index is 0.0138. The zero-order valence-corrected chi connectivity index (χ0v) is 13.7. The molecule has 1 atom stereocenters. The van der Waals surface area contributed by atoms with Crippen molar-refractivity contribution >= 4 is 11.8 Å². The highest BCUT2D eigenvalue weighted by Gasteiger charge is 2.53. The molecule has 1 saturated heterocycles. The van der Waals surface area contributed by atoms with Gasteiger partial charge in [-0.1, -0.05) is 40.0 Å². The van der Waals surface area contributed by atoms with E-state index in [2.05, 4.69) is 5.32 Å². The summed E-state index contributed by atoms with van der Waals surface area (Å²) >= 11 is 0. The quantitative estimate of drug-likeness (QED) is 0.862. The number of nitrogens with zero attached hydrogens (tertiary/aromatic N) is 1. The predicted octanol–water partition coefficient (Wildman–Crippen LogP) is 1.71. The van der Waals surface area contributed by atoms with E-state index in [1.54, 1.807) is 12.0 Å². The van der Waals surface area contributed by atoms with Gasteiger partial charge in [-0.3, -0.25) is 9.59 Å². The van der Waals surface area contributed by atoms with Crippen LogP contribution in [0, 0.1) is 5.41 Å². The average Bonchev–Trinajstić information content (AvgIpc) is 2.40. The van der Waals surface area contributed by atoms with Crippen molar-refractivity contribution in [3.8, 4) is 0 Å². The third kappa shape index (κ3) is 3.07. The zero-order valence-electron chi connectivity index (χ0n) is 13.7. The first kappa shape index (κ1) is 16.3. The second-order valence-electron chi connectivity index (χ2n) is 7.39. The first-order valence-electron chi connectivity index (χ1n) is 7.94. The molecule has 0 aromatic heterocycles. The summed E-state index contributed by atoms with van der Waals surface area (Å²) < 4.78 is 5.14. The molecular formula is C16H28N2O3. The van der Waals surface area contributed by atoms with Gasteiger partial charge in [0.2, 0.25) is 11.8 Å². The van der Waals surface area contributed by atoms with E-state index >= 15 is 0 Å². The second kappa shape index (κ2) is 5.95. The fourth-order valence-corrected chi connectivity index (χ4v) is 3.67. The van der Waals surface area contributed by atoms with E-state index in [1.165, 1.54) is 0 Å². The lowest BCUT2D eigenvalue weighted by Gasteiger charge is -2.50. The Morgan fingerprint density at radius 3 is 2.38 bits per heavy atom. The summed E-state index contributed by atoms with van der Waals surface area (Å²) in [6, 6.07) is -0.423. The molecule has 1 saturated carbocycles. The third-order valence-corrected chi connectivity index (χ3v) is 4.66. The lowest BCUT2D eigenvalue weighted by Crippen LogP contribution is -2.73. The molecule has 1 unspecified atom stereocenters. The molecule has 1 heterocycles. The van der Waals surface area contributed by atoms with Crippen LogP contribution in [-0.2, 0) is 14.3 Å². The molecule has 5 nitrogen and oxygen atoms in total. The third-order valence-electron chi connectivity index (χ3n) is 4.66. The topological polar surface area (TPSA) is 58.6 Å². The van der Waals surface area contributed by atoms with Crippen molar-refractivity contribution in [3.63, 3.8) is 0 Å². The van der Waals surface area contributed by atoms with Crippen molar-refractivity contribution in [3.05, 3.63) is 0 Å². The Balaban J connectivity index is 2.31. The van der Waals surface area contributed by atoms with Crippen molar-refractivity contribution in [2.24, 2.45) is 5.41 Å². The van der Waals surface area contributed by atoms with Gasteiger partial charge in [-0.25, -0.2) is 0 Å². The fraction of sp³-hybridized carbons (Fsp3) is 0.875. The maximum absolute atomic E-state index is 13.1. The molecule has 21 heavy (non-hydrogen) atoms. The predicted molar refractivity (Wildman–Crippen MR) is 80.8 cm³/mol. The summed E-state index contributed by atoms with van der Waals surface area (Å²) in [5.41, 5.74) is -0.950. The van der Waals surface area contributed by atoms with E-state index in [9.17, 15) is 9.59 Å². The smallest absolute Gasteiger partial charge is 0.249 e. The van der Waals surface area contributed by atoms with Gasteiger partial charge in [0, 0.05) is 13.7 Å². The van der Waals surface area contributed by atoms with Gasteiger partial charge in [-0.15, -0.1) is 0 Å². The maximum Gasteiger partial charge on any atom is 0.249 e. The van der Waals surface area contributed by atoms with Crippen LogP contribution in [0.2, 0.25) is 0 Å². The number of hydrogen-bond acceptors (Lipinski definition) is 3. The average molecular weight is 296 g/mol. The van der Waals surface area contributed by atoms with Gasteiger partial charge < -0.3 is 15.0 Å². The first-order chi connectivity index (χ1) is 9.82. The molecule has 2 fully saturated rings. The number of hydrogen-bond donors (Lipinski definition) is 1. The van der Waals surface area contributed by atoms with Gasteiger partial charge >= 0.3 is 0 Å². The van der Waals surface area contributed by atoms with Crippen LogP contribution in [0.15, 0.2) is 0 Å². The van der Waals surface area contributed by atoms with Gasteiger partial charge in [0.25, 0.3) is 0 Å². The highest BCUT2D eigenvalue weighted by Crippen LogP contribution is 2.37. The lowest BCUT2D eigenvalue weighted by molar-refractivity contribution is -0.161. The molecule has 1 aliphatic carbocycles. The second-order valence-corrected chi connectivity index (χ2v) is 7.39. The van der Waals surface area contributed by atoms with Crippen molar-refractivity contribution in [1.82, 2.24) is 10.2 Å². The number of carbonyl (C=O) groups is 2. The number of methoxy groups -OCH3 is 1. The first-order valence-corrected chi connectivity index (χ1v) is 7.94. The van der Waals surface area contributed by atoms with Gasteiger partial charge in [0.05, 0.1) is 6.61 Å². The number of piperazine rings is 1. The summed E-state index contributed by atoms with van der Waals surface area (Å²) in [6.45, 7) is 6.95. The minimum Gasteiger partial charge on any atom is -0.383 e. The molecule has 1 aliphatic heterocycles. The van der Waals surface area contributed by atoms with Crippen LogP contribution in [0.5, 0.6) is 0 Å². The lowest BCUT2D eigenvalue weighted by atomic mass is 9.75. The van der Waals surface area contributed by atoms with E-state index in [1.807, 2.05) is 20.8 Å². The SMILES string of the molecule is COCCN1C(=O)C2(CCCCC2)NC(=O)C1C(C)(C)C. The summed E-state index contributed by atoms with van der Waals surface area (Å²) in [6.07, 6.45) is 4.68. The summed E-state index contributed by atoms with van der Waals surface area (Å²) in [7, 11) is 1.62. The number of nitrogens with one attached hydrogen (secondary N) is 1. The van der Waals surface area contributed by atoms with Crippen LogP contribution < -0.4 is 5.32 Å². The zero-order chi connectivity index (χ0) is 15.7. The van der Waals surface area contributed by atoms with Gasteiger partial charge in [0.1, 0.15) is 11.6 Å². The minimum atomic E-state index is -0.662. The number of carbonyl (C=O) groups excluding carboxylic acids is 2. The molecule has 0 aromatic rings. The molecule has 1 spiro atoms. The Kier molecular flexibility index (Phi) is 4.61. The highest BCUT2D eigenvalue weighted by atomic mass is 16.5. The monoisotopic (exact) mass is 296 g/mol. The summed E-state index contributed by atoms with van der Waals surface area (Å²) in [5.74, 6) is 0.0684. The largest absolute Gasteiger partial charge is 0.383 e. The van der Waals surface area contributed by atoms with Crippen molar-refractivity contribution in [2.75, 3.05) is 20.3 Å². The number of ether oxygens (including phenoxy) is 1. The fourth-order valence-electron chi connectivity index (χ4n) is 3.67. The van der Waals surface area contributed by atoms with Crippen molar-refractivity contribution in [2.45, 2.75) is 64.5 Å². The van der Waals surface area contributed by atoms with Gasteiger partial charge in [0.15, 0.2) is 0 Å². The van der Waals surface area contributed by atoms with Crippen LogP contribution in [0.1, 0.15) is 52.9 Å². The highest BCUT2D eigenvalue weighted by molar-refractivity contribution is 6.00. The van der Waals surface area contributed by atoms with E-state index in [-0.39, 0.29) is 17.2 Å². The molecule has 2 amide bonds. The van der Waals surface area contributed by atoms with Gasteiger partial charge in [-0.05, 0) is 18.3 Å². The van der Waals surface area contributed by atoms with E-state index in [0.717, 1.165) is 32.1 Å². The molecule has 2 aliphatic rings. The number of amides is 2. The Morgan fingerprint density at radius 2 is 1.86 bits per heavy atom. The molecule has 5 heteroatoms. The van der Waals surface area contributed by atoms with Crippen molar-refractivity contribution < 1.29 is 14.3 Å². The summed E-state index contributed by atoms with van der Waals surface area (Å²) in [4.78, 5) is 27.5. The normalized spacial score (nSPS) is 26.1. The van der Waals surface area contributed by atoms with Crippen LogP contribution in [0.25, 0.3) is 0 Å². The molecule has 0 aromatic carbocycles. The van der Waals surface area contributed by atoms with Crippen LogP contribution in [0.4, 0.5) is 0 Å². The molecule has 0 bridgehead atoms. The van der Waals surface area contributed by atoms with E-state index < -0.39 is 11.6 Å². The number of rotatable bonds is 3. The molecule has 120 valence electrons. The molecule has 1 N–H and O–H groups in total. The Morgan fingerprint density at radius 1 is 1.24 bits per heavy atom. The van der Waals surface area contributed by atoms with Crippen LogP contribution >= 0.6 is 0 Å². The van der Waals surface area contributed by atoms with Crippen LogP contribution in [0.3, 0.4) is 0 Å². The Bertz CT molecular complexity index is 408. The van der Waals surface area contributed by atoms with E-state index in [0.29, 0.717) is 13.2 Å².